The number of aromatic nitrogens is 1. The van der Waals surface area contributed by atoms with Crippen LogP contribution in [0.3, 0.4) is 0 Å². The van der Waals surface area contributed by atoms with E-state index in [4.69, 9.17) is 0 Å². The van der Waals surface area contributed by atoms with E-state index >= 15 is 0 Å². The van der Waals surface area contributed by atoms with Crippen LogP contribution in [-0.4, -0.2) is 10.5 Å². The monoisotopic (exact) mass is 176 g/mol. The van der Waals surface area contributed by atoms with Crippen LogP contribution in [0.25, 0.3) is 0 Å². The van der Waals surface area contributed by atoms with Gasteiger partial charge in [-0.05, 0) is 45.7 Å². The Labute approximate surface area is 79.4 Å². The van der Waals surface area contributed by atoms with E-state index in [1.165, 1.54) is 18.5 Å². The Hall–Kier alpha value is -1.05. The van der Waals surface area contributed by atoms with Gasteiger partial charge in [-0.15, -0.1) is 0 Å². The zero-order chi connectivity index (χ0) is 9.47. The molecule has 0 aromatic carbocycles. The summed E-state index contributed by atoms with van der Waals surface area (Å²) in [6.07, 6.45) is 2.57. The highest BCUT2D eigenvalue weighted by Crippen LogP contribution is 2.38. The summed E-state index contributed by atoms with van der Waals surface area (Å²) in [5, 5.41) is 3.53. The molecule has 0 unspecified atom stereocenters. The van der Waals surface area contributed by atoms with E-state index in [9.17, 15) is 0 Å². The molecular weight excluding hydrogens is 160 g/mol. The van der Waals surface area contributed by atoms with Crippen molar-refractivity contribution >= 4 is 5.69 Å². The molecular formula is C11H16N2. The summed E-state index contributed by atoms with van der Waals surface area (Å²) in [7, 11) is 0. The smallest absolute Gasteiger partial charge is 0.0396 e. The Bertz CT molecular complexity index is 307. The molecule has 2 rings (SSSR count). The van der Waals surface area contributed by atoms with Crippen molar-refractivity contribution in [1.82, 2.24) is 4.98 Å². The van der Waals surface area contributed by atoms with Crippen molar-refractivity contribution in [2.24, 2.45) is 0 Å². The molecule has 1 aromatic rings. The summed E-state index contributed by atoms with van der Waals surface area (Å²) in [5.74, 6) is 0. The second-order valence-electron chi connectivity index (χ2n) is 4.32. The number of rotatable bonds is 2. The zero-order valence-electron chi connectivity index (χ0n) is 8.52. The van der Waals surface area contributed by atoms with Gasteiger partial charge < -0.3 is 5.32 Å². The largest absolute Gasteiger partial charge is 0.380 e. The second-order valence-corrected chi connectivity index (χ2v) is 4.32. The van der Waals surface area contributed by atoms with E-state index in [0.29, 0.717) is 5.54 Å². The normalized spacial score (nSPS) is 18.4. The molecule has 0 spiro atoms. The third kappa shape index (κ3) is 2.00. The maximum absolute atomic E-state index is 4.34. The van der Waals surface area contributed by atoms with Crippen molar-refractivity contribution < 1.29 is 0 Å². The molecule has 2 heteroatoms. The van der Waals surface area contributed by atoms with Gasteiger partial charge in [0.25, 0.3) is 0 Å². The summed E-state index contributed by atoms with van der Waals surface area (Å²) in [6.45, 7) is 6.33. The summed E-state index contributed by atoms with van der Waals surface area (Å²) in [5.41, 5.74) is 3.75. The SMILES string of the molecule is Cc1cc(NC2(C)CC2)cc(C)n1. The molecule has 1 fully saturated rings. The number of nitrogens with zero attached hydrogens (tertiary/aromatic N) is 1. The second kappa shape index (κ2) is 2.72. The summed E-state index contributed by atoms with van der Waals surface area (Å²) in [6, 6.07) is 4.22. The number of hydrogen-bond acceptors (Lipinski definition) is 2. The Kier molecular flexibility index (Phi) is 1.79. The number of hydrogen-bond donors (Lipinski definition) is 1. The van der Waals surface area contributed by atoms with E-state index in [0.717, 1.165) is 11.4 Å². The van der Waals surface area contributed by atoms with Crippen molar-refractivity contribution in [1.29, 1.82) is 0 Å². The van der Waals surface area contributed by atoms with Crippen LogP contribution >= 0.6 is 0 Å². The van der Waals surface area contributed by atoms with Gasteiger partial charge in [0.05, 0.1) is 0 Å². The standard InChI is InChI=1S/C11H16N2/c1-8-6-10(7-9(2)12-8)13-11(3)4-5-11/h6-7H,4-5H2,1-3H3,(H,12,13). The first-order chi connectivity index (χ1) is 6.07. The molecule has 0 radical (unpaired) electrons. The lowest BCUT2D eigenvalue weighted by Crippen LogP contribution is -2.16. The average molecular weight is 176 g/mol. The van der Waals surface area contributed by atoms with Crippen LogP contribution in [0.5, 0.6) is 0 Å². The Morgan fingerprint density at radius 3 is 2.23 bits per heavy atom. The van der Waals surface area contributed by atoms with Crippen LogP contribution in [0.4, 0.5) is 5.69 Å². The van der Waals surface area contributed by atoms with Gasteiger partial charge in [0.1, 0.15) is 0 Å². The Balaban J connectivity index is 2.20. The minimum Gasteiger partial charge on any atom is -0.380 e. The predicted molar refractivity (Wildman–Crippen MR) is 55.0 cm³/mol. The summed E-state index contributed by atoms with van der Waals surface area (Å²) >= 11 is 0. The first kappa shape index (κ1) is 8.54. The Morgan fingerprint density at radius 1 is 1.23 bits per heavy atom. The molecule has 1 heterocycles. The number of aryl methyl sites for hydroxylation is 2. The number of anilines is 1. The summed E-state index contributed by atoms with van der Waals surface area (Å²) < 4.78 is 0. The van der Waals surface area contributed by atoms with Gasteiger partial charge >= 0.3 is 0 Å². The van der Waals surface area contributed by atoms with Crippen molar-refractivity contribution in [3.8, 4) is 0 Å². The van der Waals surface area contributed by atoms with E-state index in [1.54, 1.807) is 0 Å². The lowest BCUT2D eigenvalue weighted by molar-refractivity contribution is 0.827. The third-order valence-corrected chi connectivity index (χ3v) is 2.53. The van der Waals surface area contributed by atoms with E-state index in [-0.39, 0.29) is 0 Å². The van der Waals surface area contributed by atoms with Gasteiger partial charge in [-0.2, -0.15) is 0 Å². The molecule has 1 aromatic heterocycles. The average Bonchev–Trinajstić information content (AvgIpc) is 2.64. The third-order valence-electron chi connectivity index (χ3n) is 2.53. The lowest BCUT2D eigenvalue weighted by Gasteiger charge is -2.13. The van der Waals surface area contributed by atoms with Crippen LogP contribution in [0.2, 0.25) is 0 Å². The number of pyridine rings is 1. The van der Waals surface area contributed by atoms with Crippen molar-refractivity contribution in [3.63, 3.8) is 0 Å². The molecule has 1 N–H and O–H groups in total. The first-order valence-corrected chi connectivity index (χ1v) is 4.81. The molecule has 1 aliphatic carbocycles. The fourth-order valence-electron chi connectivity index (χ4n) is 1.57. The van der Waals surface area contributed by atoms with Crippen molar-refractivity contribution in [3.05, 3.63) is 23.5 Å². The molecule has 2 nitrogen and oxygen atoms in total. The first-order valence-electron chi connectivity index (χ1n) is 4.81. The molecule has 0 atom stereocenters. The minimum atomic E-state index is 0.361. The molecule has 1 aliphatic rings. The van der Waals surface area contributed by atoms with Gasteiger partial charge in [-0.1, -0.05) is 0 Å². The topological polar surface area (TPSA) is 24.9 Å². The molecule has 70 valence electrons. The molecule has 1 saturated carbocycles. The fourth-order valence-corrected chi connectivity index (χ4v) is 1.57. The van der Waals surface area contributed by atoms with Gasteiger partial charge in [0, 0.05) is 22.6 Å². The number of nitrogens with one attached hydrogen (secondary N) is 1. The molecule has 13 heavy (non-hydrogen) atoms. The predicted octanol–water partition coefficient (Wildman–Crippen LogP) is 2.66. The highest BCUT2D eigenvalue weighted by Gasteiger charge is 2.36. The van der Waals surface area contributed by atoms with Crippen LogP contribution in [-0.2, 0) is 0 Å². The maximum atomic E-state index is 4.34. The molecule has 0 saturated heterocycles. The zero-order valence-corrected chi connectivity index (χ0v) is 8.52. The van der Waals surface area contributed by atoms with Crippen molar-refractivity contribution in [2.45, 2.75) is 39.2 Å². The molecule has 0 aliphatic heterocycles. The van der Waals surface area contributed by atoms with Gasteiger partial charge in [0.15, 0.2) is 0 Å². The lowest BCUT2D eigenvalue weighted by atomic mass is 10.2. The van der Waals surface area contributed by atoms with E-state index in [1.807, 2.05) is 13.8 Å². The van der Waals surface area contributed by atoms with Crippen molar-refractivity contribution in [2.75, 3.05) is 5.32 Å². The van der Waals surface area contributed by atoms with E-state index < -0.39 is 0 Å². The van der Waals surface area contributed by atoms with E-state index in [2.05, 4.69) is 29.4 Å². The van der Waals surface area contributed by atoms with Gasteiger partial charge in [-0.3, -0.25) is 4.98 Å². The van der Waals surface area contributed by atoms with Crippen LogP contribution in [0.15, 0.2) is 12.1 Å². The molecule has 0 amide bonds. The highest BCUT2D eigenvalue weighted by atomic mass is 15.0. The molecule has 0 bridgehead atoms. The summed E-state index contributed by atoms with van der Waals surface area (Å²) in [4.78, 5) is 4.34. The highest BCUT2D eigenvalue weighted by molar-refractivity contribution is 5.48. The quantitative estimate of drug-likeness (QED) is 0.749. The fraction of sp³-hybridized carbons (Fsp3) is 0.545. The minimum absolute atomic E-state index is 0.361. The van der Waals surface area contributed by atoms with Gasteiger partial charge in [-0.25, -0.2) is 0 Å². The van der Waals surface area contributed by atoms with Crippen LogP contribution < -0.4 is 5.32 Å². The maximum Gasteiger partial charge on any atom is 0.0396 e. The Morgan fingerprint density at radius 2 is 1.77 bits per heavy atom. The van der Waals surface area contributed by atoms with Crippen LogP contribution in [0, 0.1) is 13.8 Å². The van der Waals surface area contributed by atoms with Gasteiger partial charge in [0.2, 0.25) is 0 Å². The van der Waals surface area contributed by atoms with Crippen LogP contribution in [0.1, 0.15) is 31.2 Å².